The van der Waals surface area contributed by atoms with Gasteiger partial charge in [0.25, 0.3) is 5.91 Å². The van der Waals surface area contributed by atoms with E-state index in [1.807, 2.05) is 49.2 Å². The van der Waals surface area contributed by atoms with Crippen molar-refractivity contribution in [2.75, 3.05) is 72.4 Å². The first-order chi connectivity index (χ1) is 49.3. The van der Waals surface area contributed by atoms with Crippen molar-refractivity contribution in [1.82, 2.24) is 30.0 Å². The van der Waals surface area contributed by atoms with Crippen molar-refractivity contribution in [3.8, 4) is 0 Å². The third-order valence-corrected chi connectivity index (χ3v) is 20.2. The van der Waals surface area contributed by atoms with E-state index in [4.69, 9.17) is 18.9 Å². The van der Waals surface area contributed by atoms with Gasteiger partial charge >= 0.3 is 18.5 Å². The maximum Gasteiger partial charge on any atom is 0.408 e. The molecule has 2 rings (SSSR count). The first-order valence-electron chi connectivity index (χ1n) is 43.0. The molecule has 16 nitrogen and oxygen atoms in total. The number of hydrogen-bond donors (Lipinski definition) is 3. The maximum absolute atomic E-state index is 14.5. The molecular weight excluding hydrogens is 1250 g/mol. The van der Waals surface area contributed by atoms with Crippen molar-refractivity contribution in [3.05, 3.63) is 31.1 Å². The fraction of sp³-hybridized carbons (Fsp3) is 0.881. The van der Waals surface area contributed by atoms with E-state index in [1.54, 1.807) is 12.5 Å². The highest BCUT2D eigenvalue weighted by molar-refractivity contribution is 5.86. The van der Waals surface area contributed by atoms with E-state index in [0.717, 1.165) is 51.4 Å². The van der Waals surface area contributed by atoms with E-state index in [1.165, 1.54) is 308 Å². The van der Waals surface area contributed by atoms with E-state index in [0.29, 0.717) is 32.7 Å². The Morgan fingerprint density at radius 1 is 0.380 bits per heavy atom. The zero-order valence-electron chi connectivity index (χ0n) is 65.8. The van der Waals surface area contributed by atoms with Crippen LogP contribution in [-0.2, 0) is 35.1 Å². The molecule has 4 N–H and O–H groups in total. The molecule has 0 radical (unpaired) electrons. The van der Waals surface area contributed by atoms with Crippen LogP contribution < -0.4 is 16.0 Å². The fourth-order valence-corrected chi connectivity index (χ4v) is 13.8. The number of rotatable bonds is 77. The molecular formula is C84H160N8O8+2. The van der Waals surface area contributed by atoms with E-state index < -0.39 is 24.3 Å². The minimum absolute atomic E-state index is 0.00210. The second kappa shape index (κ2) is 71.9. The van der Waals surface area contributed by atoms with Crippen LogP contribution in [0.5, 0.6) is 0 Å². The van der Waals surface area contributed by atoms with Crippen LogP contribution in [0.2, 0.25) is 0 Å². The summed E-state index contributed by atoms with van der Waals surface area (Å²) in [5.74, 6) is -0.145. The number of alkyl carbamates (subject to hydrolysis) is 2. The molecule has 1 aliphatic rings. The summed E-state index contributed by atoms with van der Waals surface area (Å²) in [5, 5.41) is 7.78. The van der Waals surface area contributed by atoms with Crippen LogP contribution in [0, 0.1) is 0 Å². The summed E-state index contributed by atoms with van der Waals surface area (Å²) in [6.45, 7) is 13.2. The molecule has 0 aliphatic carbocycles. The maximum atomic E-state index is 14.5. The first kappa shape index (κ1) is 92.1. The minimum atomic E-state index is -0.814. The lowest BCUT2D eigenvalue weighted by atomic mass is 10.0. The Labute approximate surface area is 614 Å². The highest BCUT2D eigenvalue weighted by atomic mass is 16.6. The van der Waals surface area contributed by atoms with Crippen molar-refractivity contribution >= 4 is 30.3 Å². The van der Waals surface area contributed by atoms with Crippen molar-refractivity contribution in [2.45, 2.75) is 406 Å². The molecule has 100 heavy (non-hydrogen) atoms. The van der Waals surface area contributed by atoms with Crippen LogP contribution in [-0.4, -0.2) is 139 Å². The summed E-state index contributed by atoms with van der Waals surface area (Å²) >= 11 is 0. The average molecular weight is 1410 g/mol. The molecule has 1 aliphatic heterocycles. The van der Waals surface area contributed by atoms with Gasteiger partial charge in [0.05, 0.1) is 39.3 Å². The molecule has 0 saturated carbocycles. The lowest BCUT2D eigenvalue weighted by Gasteiger charge is -2.28. The Morgan fingerprint density at radius 3 is 0.920 bits per heavy atom. The molecule has 2 atom stereocenters. The summed E-state index contributed by atoms with van der Waals surface area (Å²) in [5.41, 5.74) is 0. The largest absolute Gasteiger partial charge is 0.447 e. The normalized spacial score (nSPS) is 12.7. The lowest BCUT2D eigenvalue weighted by molar-refractivity contribution is -0.517. The number of unbranched alkanes of at least 4 members (excludes halogenated alkanes) is 52. The predicted molar refractivity (Wildman–Crippen MR) is 417 cm³/mol. The molecule has 0 unspecified atom stereocenters. The van der Waals surface area contributed by atoms with Gasteiger partial charge in [-0.25, -0.2) is 19.9 Å². The molecule has 16 heteroatoms. The van der Waals surface area contributed by atoms with Crippen LogP contribution in [0.15, 0.2) is 31.1 Å². The Morgan fingerprint density at radius 2 is 0.650 bits per heavy atom. The highest BCUT2D eigenvalue weighted by Crippen LogP contribution is 2.20. The van der Waals surface area contributed by atoms with Crippen molar-refractivity contribution in [2.24, 2.45) is 0 Å². The summed E-state index contributed by atoms with van der Waals surface area (Å²) in [6.07, 6.45) is 81.6. The molecule has 0 bridgehead atoms. The van der Waals surface area contributed by atoms with E-state index in [2.05, 4.69) is 43.3 Å². The lowest BCUT2D eigenvalue weighted by Crippen LogP contribution is -2.75. The van der Waals surface area contributed by atoms with Gasteiger partial charge in [-0.05, 0) is 25.7 Å². The number of imidazole rings is 1. The molecule has 2 heterocycles. The molecule has 4 amide bonds. The number of hydrogen-bond acceptors (Lipinski definition) is 9. The van der Waals surface area contributed by atoms with Crippen molar-refractivity contribution < 1.29 is 48.0 Å². The number of nitrogens with two attached hydrogens (primary N) is 1. The van der Waals surface area contributed by atoms with Gasteiger partial charge in [-0.3, -0.25) is 9.59 Å². The van der Waals surface area contributed by atoms with Gasteiger partial charge in [0.1, 0.15) is 19.3 Å². The summed E-state index contributed by atoms with van der Waals surface area (Å²) in [4.78, 5) is 64.0. The second-order valence-corrected chi connectivity index (χ2v) is 29.6. The second-order valence-electron chi connectivity index (χ2n) is 29.6. The van der Waals surface area contributed by atoms with Crippen LogP contribution in [0.3, 0.4) is 0 Å². The van der Waals surface area contributed by atoms with Crippen molar-refractivity contribution in [3.63, 3.8) is 0 Å². The van der Waals surface area contributed by atoms with Crippen LogP contribution in [0.25, 0.3) is 0 Å². The monoisotopic (exact) mass is 1410 g/mol. The molecule has 582 valence electrons. The third kappa shape index (κ3) is 57.4. The van der Waals surface area contributed by atoms with Crippen molar-refractivity contribution in [1.29, 1.82) is 0 Å². The summed E-state index contributed by atoms with van der Waals surface area (Å²) in [7, 11) is 0. The molecule has 0 aromatic carbocycles. The van der Waals surface area contributed by atoms with Gasteiger partial charge in [0.2, 0.25) is 12.1 Å². The quantitative estimate of drug-likeness (QED) is 0.0424. The number of quaternary nitrogens is 1. The Bertz CT molecular complexity index is 1960. The molecule has 1 aromatic heterocycles. The van der Waals surface area contributed by atoms with E-state index in [9.17, 15) is 19.2 Å². The number of carbonyl (C=O) groups excluding carboxylic acids is 4. The van der Waals surface area contributed by atoms with E-state index in [-0.39, 0.29) is 58.0 Å². The van der Waals surface area contributed by atoms with Crippen LogP contribution >= 0.6 is 0 Å². The highest BCUT2D eigenvalue weighted by Gasteiger charge is 2.32. The van der Waals surface area contributed by atoms with Crippen LogP contribution in [0.4, 0.5) is 9.59 Å². The zero-order chi connectivity index (χ0) is 71.8. The summed E-state index contributed by atoms with van der Waals surface area (Å²) in [6, 6.07) is -1.59. The zero-order valence-corrected chi connectivity index (χ0v) is 65.8. The standard InChI is InChI=1S/C84H158N8O8/c1-5-9-13-17-21-25-29-33-37-41-45-49-53-57-63-91(64-58-54-50-46-42-38-34-30-26-22-18-14-10-6-2)81(93)79(75-89-67-61-85-77-89)87-83(95)99-73-71-97-69-70-98-72-74-100-84(96)88-80(76-90-68-62-86-78-90)82(94)92(65-59-55-51-47-43-39-35-31-27-23-19-15-11-7-3)66-60-56-52-48-44-40-36-32-28-24-20-16-12-8-4/h61-62,67-68,77-80H,5-60,63-66,69-76H2,1-4H3,(H2,87,88,95,96)/p+2/t79-,80-/m0/s1. The average Bonchev–Trinajstić information content (AvgIpc) is 1.46. The van der Waals surface area contributed by atoms with Gasteiger partial charge < -0.3 is 43.9 Å². The number of ether oxygens (including phenoxy) is 4. The number of carbonyl (C=O) groups is 4. The number of aromatic nitrogens is 2. The number of nitrogens with one attached hydrogen (secondary N) is 2. The van der Waals surface area contributed by atoms with Gasteiger partial charge in [0, 0.05) is 38.6 Å². The molecule has 0 fully saturated rings. The van der Waals surface area contributed by atoms with E-state index >= 15 is 0 Å². The SMILES string of the molecule is CCCCCCCCCCCCCCCCN(CCCCCCCCCCCCCCCC)C(=O)[C@H](Cn1ccnc1)NC(=O)OCCOCCOCCOC(=O)N[C@@H](C[N+]1=C[NH2+]C=C1)C(=O)N(CCCCCCCCCCCCCCCC)CCCCCCCCCCCCCCCC. The Hall–Kier alpha value is -4.02. The summed E-state index contributed by atoms with van der Waals surface area (Å²) < 4.78 is 26.4. The number of nitrogens with zero attached hydrogens (tertiary/aromatic N) is 5. The topological polar surface area (TPSA) is 173 Å². The van der Waals surface area contributed by atoms with Gasteiger partial charge in [-0.2, -0.15) is 4.58 Å². The predicted octanol–water partition coefficient (Wildman–Crippen LogP) is 20.8. The first-order valence-corrected chi connectivity index (χ1v) is 43.0. The smallest absolute Gasteiger partial charge is 0.408 e. The Balaban J connectivity index is 1.86. The Kier molecular flexibility index (Phi) is 66.2. The molecule has 0 spiro atoms. The van der Waals surface area contributed by atoms with Gasteiger partial charge in [-0.1, -0.05) is 362 Å². The molecule has 1 aromatic rings. The third-order valence-electron chi connectivity index (χ3n) is 20.2. The fourth-order valence-electron chi connectivity index (χ4n) is 13.8. The van der Waals surface area contributed by atoms with Gasteiger partial charge in [-0.15, -0.1) is 0 Å². The number of amides is 4. The van der Waals surface area contributed by atoms with Gasteiger partial charge in [0.15, 0.2) is 18.8 Å². The minimum Gasteiger partial charge on any atom is -0.447 e. The van der Waals surface area contributed by atoms with Crippen LogP contribution in [0.1, 0.15) is 387 Å². The molecule has 0 saturated heterocycles.